The number of hydrogen-bond donors (Lipinski definition) is 0. The van der Waals surface area contributed by atoms with Crippen LogP contribution in [0.5, 0.6) is 0 Å². The van der Waals surface area contributed by atoms with Gasteiger partial charge in [0.05, 0.1) is 16.9 Å². The van der Waals surface area contributed by atoms with Crippen LogP contribution in [0, 0.1) is 0 Å². The Hall–Kier alpha value is -2.99. The number of piperazine rings is 1. The summed E-state index contributed by atoms with van der Waals surface area (Å²) >= 11 is 0. The van der Waals surface area contributed by atoms with E-state index in [4.69, 9.17) is 4.98 Å². The molecule has 35 heavy (non-hydrogen) atoms. The SMILES string of the molecule is CCCCc1ccc(C(=O)N2CCN(C(CC)c3nc4ccccc4c(=O)n3CCC)CC2)cc1. The quantitative estimate of drug-likeness (QED) is 0.435. The number of rotatable bonds is 9. The van der Waals surface area contributed by atoms with Gasteiger partial charge in [-0.1, -0.05) is 51.5 Å². The van der Waals surface area contributed by atoms with Crippen molar-refractivity contribution >= 4 is 16.8 Å². The van der Waals surface area contributed by atoms with E-state index in [1.54, 1.807) is 0 Å². The second-order valence-corrected chi connectivity index (χ2v) is 9.50. The zero-order chi connectivity index (χ0) is 24.8. The van der Waals surface area contributed by atoms with Crippen molar-refractivity contribution in [1.29, 1.82) is 0 Å². The average Bonchev–Trinajstić information content (AvgIpc) is 2.90. The molecule has 1 saturated heterocycles. The molecule has 1 aliphatic rings. The van der Waals surface area contributed by atoms with Crippen LogP contribution in [-0.4, -0.2) is 51.4 Å². The Kier molecular flexibility index (Phi) is 8.34. The fraction of sp³-hybridized carbons (Fsp3) is 0.483. The van der Waals surface area contributed by atoms with Crippen LogP contribution in [0.15, 0.2) is 53.3 Å². The Morgan fingerprint density at radius 3 is 2.31 bits per heavy atom. The molecule has 0 aliphatic carbocycles. The summed E-state index contributed by atoms with van der Waals surface area (Å²) in [5, 5.41) is 0.677. The normalized spacial score (nSPS) is 15.5. The monoisotopic (exact) mass is 474 g/mol. The molecule has 6 nitrogen and oxygen atoms in total. The third-order valence-corrected chi connectivity index (χ3v) is 7.09. The van der Waals surface area contributed by atoms with Gasteiger partial charge in [0.2, 0.25) is 0 Å². The molecule has 0 bridgehead atoms. The van der Waals surface area contributed by atoms with Gasteiger partial charge >= 0.3 is 0 Å². The first-order valence-corrected chi connectivity index (χ1v) is 13.2. The molecule has 2 aromatic carbocycles. The van der Waals surface area contributed by atoms with Gasteiger partial charge in [-0.3, -0.25) is 19.1 Å². The number of fused-ring (bicyclic) bond motifs is 1. The minimum atomic E-state index is 0.0436. The number of nitrogens with zero attached hydrogens (tertiary/aromatic N) is 4. The molecule has 0 spiro atoms. The van der Waals surface area contributed by atoms with Crippen LogP contribution in [0.25, 0.3) is 10.9 Å². The molecule has 1 amide bonds. The summed E-state index contributed by atoms with van der Waals surface area (Å²) in [5.41, 5.74) is 2.86. The van der Waals surface area contributed by atoms with Gasteiger partial charge in [-0.15, -0.1) is 0 Å². The third kappa shape index (κ3) is 5.48. The zero-order valence-corrected chi connectivity index (χ0v) is 21.4. The number of aromatic nitrogens is 2. The van der Waals surface area contributed by atoms with Crippen LogP contribution in [-0.2, 0) is 13.0 Å². The summed E-state index contributed by atoms with van der Waals surface area (Å²) in [7, 11) is 0. The van der Waals surface area contributed by atoms with Crippen LogP contribution >= 0.6 is 0 Å². The largest absolute Gasteiger partial charge is 0.336 e. The van der Waals surface area contributed by atoms with Gasteiger partial charge in [-0.2, -0.15) is 0 Å². The Morgan fingerprint density at radius 1 is 0.943 bits per heavy atom. The minimum Gasteiger partial charge on any atom is -0.336 e. The van der Waals surface area contributed by atoms with Crippen molar-refractivity contribution in [3.8, 4) is 0 Å². The van der Waals surface area contributed by atoms with E-state index < -0.39 is 0 Å². The number of amides is 1. The summed E-state index contributed by atoms with van der Waals surface area (Å²) in [6.07, 6.45) is 5.15. The lowest BCUT2D eigenvalue weighted by Gasteiger charge is -2.39. The van der Waals surface area contributed by atoms with Crippen LogP contribution in [0.2, 0.25) is 0 Å². The minimum absolute atomic E-state index is 0.0436. The molecule has 1 unspecified atom stereocenters. The van der Waals surface area contributed by atoms with Crippen LogP contribution < -0.4 is 5.56 Å². The van der Waals surface area contributed by atoms with E-state index >= 15 is 0 Å². The molecule has 2 heterocycles. The zero-order valence-electron chi connectivity index (χ0n) is 21.4. The van der Waals surface area contributed by atoms with Crippen molar-refractivity contribution in [2.75, 3.05) is 26.2 Å². The van der Waals surface area contributed by atoms with Gasteiger partial charge in [0.25, 0.3) is 11.5 Å². The molecule has 3 aromatic rings. The number of unbranched alkanes of at least 4 members (excludes halogenated alkanes) is 1. The number of benzene rings is 2. The van der Waals surface area contributed by atoms with Crippen molar-refractivity contribution in [2.24, 2.45) is 0 Å². The number of aryl methyl sites for hydroxylation is 1. The highest BCUT2D eigenvalue weighted by Crippen LogP contribution is 2.25. The van der Waals surface area contributed by atoms with E-state index in [1.807, 2.05) is 45.9 Å². The fourth-order valence-electron chi connectivity index (χ4n) is 5.10. The Labute approximate surface area is 208 Å². The number of carbonyl (C=O) groups is 1. The molecule has 0 radical (unpaired) electrons. The maximum Gasteiger partial charge on any atom is 0.261 e. The molecule has 6 heteroatoms. The number of carbonyl (C=O) groups excluding carboxylic acids is 1. The number of para-hydroxylation sites is 1. The van der Waals surface area contributed by atoms with E-state index in [0.717, 1.165) is 49.3 Å². The molecular weight excluding hydrogens is 436 g/mol. The fourth-order valence-corrected chi connectivity index (χ4v) is 5.10. The van der Waals surface area contributed by atoms with Crippen LogP contribution in [0.3, 0.4) is 0 Å². The maximum absolute atomic E-state index is 13.3. The summed E-state index contributed by atoms with van der Waals surface area (Å²) in [6.45, 7) is 10.0. The van der Waals surface area contributed by atoms with Gasteiger partial charge in [0.15, 0.2) is 0 Å². The van der Waals surface area contributed by atoms with Gasteiger partial charge in [-0.05, 0) is 55.5 Å². The maximum atomic E-state index is 13.3. The van der Waals surface area contributed by atoms with E-state index in [0.29, 0.717) is 25.0 Å². The predicted octanol–water partition coefficient (Wildman–Crippen LogP) is 5.06. The lowest BCUT2D eigenvalue weighted by Crippen LogP contribution is -2.50. The predicted molar refractivity (Wildman–Crippen MR) is 142 cm³/mol. The Bertz CT molecular complexity index is 1190. The van der Waals surface area contributed by atoms with Crippen LogP contribution in [0.1, 0.15) is 74.2 Å². The lowest BCUT2D eigenvalue weighted by atomic mass is 10.1. The molecule has 186 valence electrons. The second-order valence-electron chi connectivity index (χ2n) is 9.50. The Morgan fingerprint density at radius 2 is 1.66 bits per heavy atom. The summed E-state index contributed by atoms with van der Waals surface area (Å²) < 4.78 is 1.87. The first kappa shape index (κ1) is 25.1. The summed E-state index contributed by atoms with van der Waals surface area (Å²) in [5.74, 6) is 0.951. The topological polar surface area (TPSA) is 58.4 Å². The summed E-state index contributed by atoms with van der Waals surface area (Å²) in [4.78, 5) is 35.7. The van der Waals surface area contributed by atoms with Crippen molar-refractivity contribution in [1.82, 2.24) is 19.4 Å². The molecule has 1 fully saturated rings. The first-order chi connectivity index (χ1) is 17.1. The average molecular weight is 475 g/mol. The smallest absolute Gasteiger partial charge is 0.261 e. The highest BCUT2D eigenvalue weighted by molar-refractivity contribution is 5.94. The van der Waals surface area contributed by atoms with Gasteiger partial charge in [0, 0.05) is 38.3 Å². The molecular formula is C29H38N4O2. The van der Waals surface area contributed by atoms with E-state index in [9.17, 15) is 9.59 Å². The van der Waals surface area contributed by atoms with Gasteiger partial charge < -0.3 is 4.90 Å². The molecule has 0 N–H and O–H groups in total. The number of hydrogen-bond acceptors (Lipinski definition) is 4. The summed E-state index contributed by atoms with van der Waals surface area (Å²) in [6, 6.07) is 15.8. The standard InChI is InChI=1S/C29H38N4O2/c1-4-7-10-22-13-15-23(16-14-22)28(34)32-20-18-31(19-21-32)26(6-3)27-30-25-12-9-8-11-24(25)29(35)33(27)17-5-2/h8-9,11-16,26H,4-7,10,17-21H2,1-3H3. The van der Waals surface area contributed by atoms with Crippen LogP contribution in [0.4, 0.5) is 0 Å². The van der Waals surface area contributed by atoms with Crippen molar-refractivity contribution in [3.05, 3.63) is 75.8 Å². The van der Waals surface area contributed by atoms with E-state index in [-0.39, 0.29) is 17.5 Å². The third-order valence-electron chi connectivity index (χ3n) is 7.09. The highest BCUT2D eigenvalue weighted by atomic mass is 16.2. The van der Waals surface area contributed by atoms with E-state index in [1.165, 1.54) is 18.4 Å². The lowest BCUT2D eigenvalue weighted by molar-refractivity contribution is 0.0548. The molecule has 1 aromatic heterocycles. The van der Waals surface area contributed by atoms with Crippen molar-refractivity contribution < 1.29 is 4.79 Å². The van der Waals surface area contributed by atoms with Crippen molar-refractivity contribution in [3.63, 3.8) is 0 Å². The molecule has 0 saturated carbocycles. The van der Waals surface area contributed by atoms with Gasteiger partial charge in [-0.25, -0.2) is 4.98 Å². The van der Waals surface area contributed by atoms with Crippen molar-refractivity contribution in [2.45, 2.75) is 65.5 Å². The highest BCUT2D eigenvalue weighted by Gasteiger charge is 2.29. The van der Waals surface area contributed by atoms with E-state index in [2.05, 4.69) is 37.8 Å². The molecule has 1 atom stereocenters. The molecule has 1 aliphatic heterocycles. The first-order valence-electron chi connectivity index (χ1n) is 13.2. The second kappa shape index (κ2) is 11.6. The molecule has 4 rings (SSSR count). The Balaban J connectivity index is 1.49. The van der Waals surface area contributed by atoms with Gasteiger partial charge in [0.1, 0.15) is 5.82 Å².